The Morgan fingerprint density at radius 3 is 2.09 bits per heavy atom. The van der Waals surface area contributed by atoms with E-state index in [1.807, 2.05) is 55.4 Å². The highest BCUT2D eigenvalue weighted by atomic mass is 35.5. The van der Waals surface area contributed by atoms with Gasteiger partial charge in [0.15, 0.2) is 5.69 Å². The Balaban J connectivity index is 1.54. The molecule has 0 amide bonds. The third-order valence-corrected chi connectivity index (χ3v) is 5.43. The largest absolute Gasteiger partial charge is 0.487 e. The first kappa shape index (κ1) is 22.7. The van der Waals surface area contributed by atoms with Gasteiger partial charge in [0.05, 0.1) is 16.4 Å². The topological polar surface area (TPSA) is 30.3 Å². The molecule has 0 unspecified atom stereocenters. The fourth-order valence-corrected chi connectivity index (χ4v) is 3.56. The van der Waals surface area contributed by atoms with E-state index in [9.17, 15) is 13.2 Å². The predicted octanol–water partition coefficient (Wildman–Crippen LogP) is 6.86. The zero-order valence-corrected chi connectivity index (χ0v) is 18.7. The molecule has 8 heteroatoms. The van der Waals surface area contributed by atoms with E-state index in [0.29, 0.717) is 16.5 Å². The molecule has 0 aliphatic rings. The molecule has 33 heavy (non-hydrogen) atoms. The lowest BCUT2D eigenvalue weighted by Crippen LogP contribution is -2.08. The number of hydrogen-bond donors (Lipinski definition) is 0. The number of nitrogens with zero attached hydrogens (tertiary/aromatic N) is 3. The van der Waals surface area contributed by atoms with Crippen LogP contribution in [0.1, 0.15) is 11.4 Å². The molecule has 170 valence electrons. The minimum atomic E-state index is -4.58. The quantitative estimate of drug-likeness (QED) is 0.308. The van der Waals surface area contributed by atoms with Crippen molar-refractivity contribution in [1.82, 2.24) is 9.78 Å². The third kappa shape index (κ3) is 5.14. The number of ether oxygens (including phenoxy) is 1. The molecule has 0 atom stereocenters. The van der Waals surface area contributed by atoms with Crippen molar-refractivity contribution < 1.29 is 17.9 Å². The summed E-state index contributed by atoms with van der Waals surface area (Å²) >= 11 is 6.19. The van der Waals surface area contributed by atoms with Crippen LogP contribution in [0.4, 0.5) is 18.9 Å². The van der Waals surface area contributed by atoms with Gasteiger partial charge >= 0.3 is 6.18 Å². The van der Waals surface area contributed by atoms with Crippen LogP contribution in [0.15, 0.2) is 78.9 Å². The number of aromatic nitrogens is 2. The Kier molecular flexibility index (Phi) is 6.33. The van der Waals surface area contributed by atoms with Crippen molar-refractivity contribution >= 4 is 17.3 Å². The van der Waals surface area contributed by atoms with Crippen molar-refractivity contribution in [2.75, 3.05) is 19.0 Å². The average Bonchev–Trinajstić information content (AvgIpc) is 3.23. The molecule has 4 rings (SSSR count). The van der Waals surface area contributed by atoms with Crippen LogP contribution in [0.3, 0.4) is 0 Å². The molecule has 0 saturated carbocycles. The summed E-state index contributed by atoms with van der Waals surface area (Å²) in [4.78, 5) is 2.03. The number of para-hydroxylation sites is 1. The molecule has 4 aromatic rings. The fraction of sp³-hybridized carbons (Fsp3) is 0.160. The second kappa shape index (κ2) is 9.19. The summed E-state index contributed by atoms with van der Waals surface area (Å²) in [5.41, 5.74) is 2.75. The molecular formula is C25H21ClF3N3O. The van der Waals surface area contributed by atoms with Crippen LogP contribution in [-0.2, 0) is 12.8 Å². The van der Waals surface area contributed by atoms with E-state index in [0.717, 1.165) is 22.9 Å². The fourth-order valence-electron chi connectivity index (χ4n) is 3.35. The molecular weight excluding hydrogens is 451 g/mol. The van der Waals surface area contributed by atoms with Crippen LogP contribution in [0.5, 0.6) is 5.75 Å². The highest BCUT2D eigenvalue weighted by Crippen LogP contribution is 2.31. The maximum absolute atomic E-state index is 13.3. The van der Waals surface area contributed by atoms with Crippen LogP contribution >= 0.6 is 11.6 Å². The SMILES string of the molecule is CN(C)c1ccc(-c2ccc(OCc3cc(C(F)(F)F)nn3-c3ccccc3Cl)cc2)cc1. The third-order valence-electron chi connectivity index (χ3n) is 5.11. The lowest BCUT2D eigenvalue weighted by Gasteiger charge is -2.13. The van der Waals surface area contributed by atoms with Gasteiger partial charge < -0.3 is 9.64 Å². The monoisotopic (exact) mass is 471 g/mol. The van der Waals surface area contributed by atoms with Gasteiger partial charge in [0.25, 0.3) is 0 Å². The Bertz CT molecular complexity index is 1230. The standard InChI is InChI=1S/C25H21ClF3N3O/c1-31(2)19-11-7-17(8-12-19)18-9-13-21(14-10-18)33-16-20-15-24(25(27,28)29)30-32(20)23-6-4-3-5-22(23)26/h3-15H,16H2,1-2H3. The summed E-state index contributed by atoms with van der Waals surface area (Å²) in [6.45, 7) is -0.106. The number of anilines is 1. The lowest BCUT2D eigenvalue weighted by molar-refractivity contribution is -0.141. The van der Waals surface area contributed by atoms with Gasteiger partial charge in [-0.1, -0.05) is 48.0 Å². The summed E-state index contributed by atoms with van der Waals surface area (Å²) in [6, 6.07) is 23.1. The van der Waals surface area contributed by atoms with Gasteiger partial charge in [-0.2, -0.15) is 18.3 Å². The first-order chi connectivity index (χ1) is 15.7. The van der Waals surface area contributed by atoms with Gasteiger partial charge in [0, 0.05) is 19.8 Å². The van der Waals surface area contributed by atoms with Crippen molar-refractivity contribution in [2.45, 2.75) is 12.8 Å². The van der Waals surface area contributed by atoms with Crippen LogP contribution < -0.4 is 9.64 Å². The molecule has 0 bridgehead atoms. The van der Waals surface area contributed by atoms with E-state index in [-0.39, 0.29) is 12.3 Å². The van der Waals surface area contributed by atoms with Gasteiger partial charge in [-0.3, -0.25) is 0 Å². The summed E-state index contributed by atoms with van der Waals surface area (Å²) < 4.78 is 46.8. The van der Waals surface area contributed by atoms with E-state index in [1.165, 1.54) is 4.68 Å². The number of rotatable bonds is 6. The van der Waals surface area contributed by atoms with Crippen molar-refractivity contribution in [3.8, 4) is 22.6 Å². The molecule has 0 radical (unpaired) electrons. The highest BCUT2D eigenvalue weighted by molar-refractivity contribution is 6.32. The van der Waals surface area contributed by atoms with Gasteiger partial charge in [0.2, 0.25) is 0 Å². The van der Waals surface area contributed by atoms with Gasteiger partial charge in [0.1, 0.15) is 12.4 Å². The Morgan fingerprint density at radius 1 is 0.909 bits per heavy atom. The molecule has 0 N–H and O–H groups in total. The van der Waals surface area contributed by atoms with Gasteiger partial charge in [-0.15, -0.1) is 0 Å². The van der Waals surface area contributed by atoms with Gasteiger partial charge in [-0.05, 0) is 53.6 Å². The second-order valence-electron chi connectivity index (χ2n) is 7.64. The van der Waals surface area contributed by atoms with Crippen LogP contribution in [0, 0.1) is 0 Å². The maximum atomic E-state index is 13.3. The average molecular weight is 472 g/mol. The Hall–Kier alpha value is -3.45. The van der Waals surface area contributed by atoms with E-state index in [4.69, 9.17) is 16.3 Å². The molecule has 4 nitrogen and oxygen atoms in total. The van der Waals surface area contributed by atoms with Crippen LogP contribution in [-0.4, -0.2) is 23.9 Å². The maximum Gasteiger partial charge on any atom is 0.435 e. The molecule has 0 aliphatic carbocycles. The zero-order chi connectivity index (χ0) is 23.6. The van der Waals surface area contributed by atoms with Gasteiger partial charge in [-0.25, -0.2) is 4.68 Å². The number of benzene rings is 3. The summed E-state index contributed by atoms with van der Waals surface area (Å²) in [7, 11) is 3.97. The summed E-state index contributed by atoms with van der Waals surface area (Å²) in [6.07, 6.45) is -4.58. The molecule has 1 aromatic heterocycles. The van der Waals surface area contributed by atoms with Crippen molar-refractivity contribution in [2.24, 2.45) is 0 Å². The van der Waals surface area contributed by atoms with Crippen molar-refractivity contribution in [1.29, 1.82) is 0 Å². The molecule has 0 spiro atoms. The van der Waals surface area contributed by atoms with E-state index in [2.05, 4.69) is 5.10 Å². The number of hydrogen-bond acceptors (Lipinski definition) is 3. The summed E-state index contributed by atoms with van der Waals surface area (Å²) in [5, 5.41) is 4.01. The second-order valence-corrected chi connectivity index (χ2v) is 8.04. The van der Waals surface area contributed by atoms with Crippen LogP contribution in [0.25, 0.3) is 16.8 Å². The van der Waals surface area contributed by atoms with E-state index < -0.39 is 11.9 Å². The van der Waals surface area contributed by atoms with E-state index >= 15 is 0 Å². The highest BCUT2D eigenvalue weighted by Gasteiger charge is 2.35. The smallest absolute Gasteiger partial charge is 0.435 e. The number of halogens is 4. The lowest BCUT2D eigenvalue weighted by atomic mass is 10.1. The number of alkyl halides is 3. The van der Waals surface area contributed by atoms with Crippen LogP contribution in [0.2, 0.25) is 5.02 Å². The molecule has 1 heterocycles. The molecule has 0 fully saturated rings. The molecule has 0 aliphatic heterocycles. The van der Waals surface area contributed by atoms with Crippen molar-refractivity contribution in [3.63, 3.8) is 0 Å². The molecule has 0 saturated heterocycles. The zero-order valence-electron chi connectivity index (χ0n) is 18.0. The van der Waals surface area contributed by atoms with E-state index in [1.54, 1.807) is 36.4 Å². The Labute approximate surface area is 194 Å². The molecule has 3 aromatic carbocycles. The summed E-state index contributed by atoms with van der Waals surface area (Å²) in [5.74, 6) is 0.532. The minimum Gasteiger partial charge on any atom is -0.487 e. The first-order valence-electron chi connectivity index (χ1n) is 10.1. The predicted molar refractivity (Wildman–Crippen MR) is 124 cm³/mol. The Morgan fingerprint density at radius 2 is 1.52 bits per heavy atom. The normalized spacial score (nSPS) is 11.5. The first-order valence-corrected chi connectivity index (χ1v) is 10.5. The van der Waals surface area contributed by atoms with Crippen molar-refractivity contribution in [3.05, 3.63) is 95.3 Å². The minimum absolute atomic E-state index is 0.106.